The summed E-state index contributed by atoms with van der Waals surface area (Å²) in [5.74, 6) is 1.02. The van der Waals surface area contributed by atoms with Gasteiger partial charge in [-0.1, -0.05) is 18.2 Å². The minimum absolute atomic E-state index is 0.165. The summed E-state index contributed by atoms with van der Waals surface area (Å²) in [6.07, 6.45) is 2.25. The van der Waals surface area contributed by atoms with Crippen molar-refractivity contribution in [2.45, 2.75) is 19.0 Å². The van der Waals surface area contributed by atoms with E-state index in [0.29, 0.717) is 30.2 Å². The van der Waals surface area contributed by atoms with E-state index in [-0.39, 0.29) is 23.5 Å². The first-order chi connectivity index (χ1) is 15.1. The zero-order chi connectivity index (χ0) is 21.8. The monoisotopic (exact) mass is 424 g/mol. The third-order valence-electron chi connectivity index (χ3n) is 5.65. The van der Waals surface area contributed by atoms with Crippen molar-refractivity contribution in [1.82, 2.24) is 10.2 Å². The molecule has 0 radical (unpaired) electrons. The molecule has 1 aliphatic rings. The van der Waals surface area contributed by atoms with Crippen LogP contribution in [0.5, 0.6) is 11.5 Å². The van der Waals surface area contributed by atoms with Crippen LogP contribution in [0.15, 0.2) is 59.2 Å². The average Bonchev–Trinajstić information content (AvgIpc) is 3.33. The predicted molar refractivity (Wildman–Crippen MR) is 114 cm³/mol. The van der Waals surface area contributed by atoms with Gasteiger partial charge in [-0.2, -0.15) is 0 Å². The number of ether oxygens (including phenoxy) is 2. The zero-order valence-corrected chi connectivity index (χ0v) is 17.6. The Balaban J connectivity index is 1.65. The van der Waals surface area contributed by atoms with Gasteiger partial charge in [-0.25, -0.2) is 4.39 Å². The van der Waals surface area contributed by atoms with E-state index < -0.39 is 0 Å². The first-order valence-electron chi connectivity index (χ1n) is 10.1. The van der Waals surface area contributed by atoms with Crippen molar-refractivity contribution >= 4 is 5.91 Å². The second-order valence-corrected chi connectivity index (χ2v) is 7.42. The number of benzene rings is 2. The Bertz CT molecular complexity index is 1050. The van der Waals surface area contributed by atoms with Crippen molar-refractivity contribution < 1.29 is 23.1 Å². The summed E-state index contributed by atoms with van der Waals surface area (Å²) >= 11 is 0. The van der Waals surface area contributed by atoms with E-state index in [2.05, 4.69) is 10.2 Å². The third-order valence-corrected chi connectivity index (χ3v) is 5.65. The molecule has 162 valence electrons. The van der Waals surface area contributed by atoms with Gasteiger partial charge in [0.1, 0.15) is 5.82 Å². The SMILES string of the molecule is COc1cc2c(cc1OC)C(CNC(=O)c1ccco1)N(Cc1ccccc1F)CC2. The lowest BCUT2D eigenvalue weighted by Crippen LogP contribution is -2.42. The number of hydrogen-bond donors (Lipinski definition) is 1. The maximum atomic E-state index is 14.3. The van der Waals surface area contributed by atoms with Crippen LogP contribution in [0.1, 0.15) is 33.3 Å². The Morgan fingerprint density at radius 1 is 1.16 bits per heavy atom. The Morgan fingerprint density at radius 2 is 1.94 bits per heavy atom. The minimum atomic E-state index is -0.288. The molecule has 6 nitrogen and oxygen atoms in total. The van der Waals surface area contributed by atoms with E-state index in [1.165, 1.54) is 12.3 Å². The number of nitrogens with one attached hydrogen (secondary N) is 1. The molecule has 7 heteroatoms. The molecule has 2 aromatic carbocycles. The van der Waals surface area contributed by atoms with E-state index in [1.54, 1.807) is 38.5 Å². The normalized spacial score (nSPS) is 15.9. The summed E-state index contributed by atoms with van der Waals surface area (Å²) in [5.41, 5.74) is 2.77. The zero-order valence-electron chi connectivity index (χ0n) is 17.6. The number of fused-ring (bicyclic) bond motifs is 1. The van der Waals surface area contributed by atoms with Gasteiger partial charge in [0.25, 0.3) is 5.91 Å². The van der Waals surface area contributed by atoms with Crippen LogP contribution in [0.25, 0.3) is 0 Å². The van der Waals surface area contributed by atoms with Crippen LogP contribution < -0.4 is 14.8 Å². The predicted octanol–water partition coefficient (Wildman–Crippen LogP) is 3.97. The summed E-state index contributed by atoms with van der Waals surface area (Å²) in [4.78, 5) is 14.7. The molecule has 0 aliphatic carbocycles. The molecule has 3 aromatic rings. The molecule has 0 spiro atoms. The molecule has 1 atom stereocenters. The maximum absolute atomic E-state index is 14.3. The fourth-order valence-corrected chi connectivity index (χ4v) is 4.04. The van der Waals surface area contributed by atoms with E-state index in [4.69, 9.17) is 13.9 Å². The van der Waals surface area contributed by atoms with Gasteiger partial charge in [-0.05, 0) is 47.9 Å². The van der Waals surface area contributed by atoms with Crippen LogP contribution in [0.2, 0.25) is 0 Å². The lowest BCUT2D eigenvalue weighted by atomic mass is 9.91. The largest absolute Gasteiger partial charge is 0.493 e. The third kappa shape index (κ3) is 4.41. The number of methoxy groups -OCH3 is 2. The number of nitrogens with zero attached hydrogens (tertiary/aromatic N) is 1. The number of furan rings is 1. The van der Waals surface area contributed by atoms with Crippen LogP contribution in [-0.2, 0) is 13.0 Å². The van der Waals surface area contributed by atoms with Crippen LogP contribution >= 0.6 is 0 Å². The smallest absolute Gasteiger partial charge is 0.287 e. The van der Waals surface area contributed by atoms with E-state index in [0.717, 1.165) is 24.1 Å². The molecule has 1 N–H and O–H groups in total. The number of hydrogen-bond acceptors (Lipinski definition) is 5. The van der Waals surface area contributed by atoms with Gasteiger partial charge in [0, 0.05) is 25.2 Å². The lowest BCUT2D eigenvalue weighted by Gasteiger charge is -2.38. The molecule has 1 aliphatic heterocycles. The quantitative estimate of drug-likeness (QED) is 0.622. The summed E-state index contributed by atoms with van der Waals surface area (Å²) in [6.45, 7) is 1.50. The van der Waals surface area contributed by atoms with Crippen LogP contribution in [-0.4, -0.2) is 38.1 Å². The summed E-state index contributed by atoms with van der Waals surface area (Å²) in [7, 11) is 3.20. The number of halogens is 1. The summed E-state index contributed by atoms with van der Waals surface area (Å²) in [5, 5.41) is 2.95. The van der Waals surface area contributed by atoms with Gasteiger partial charge in [0.2, 0.25) is 0 Å². The first-order valence-corrected chi connectivity index (χ1v) is 10.1. The van der Waals surface area contributed by atoms with Crippen molar-refractivity contribution in [2.75, 3.05) is 27.3 Å². The molecule has 4 rings (SSSR count). The number of carbonyl (C=O) groups is 1. The van der Waals surface area contributed by atoms with Gasteiger partial charge in [0.15, 0.2) is 17.3 Å². The van der Waals surface area contributed by atoms with Crippen LogP contribution in [0, 0.1) is 5.82 Å². The molecule has 1 aromatic heterocycles. The fraction of sp³-hybridized carbons (Fsp3) is 0.292. The Labute approximate surface area is 180 Å². The highest BCUT2D eigenvalue weighted by molar-refractivity contribution is 5.91. The molecular weight excluding hydrogens is 399 g/mol. The van der Waals surface area contributed by atoms with Crippen molar-refractivity contribution in [3.8, 4) is 11.5 Å². The molecular formula is C24H25FN2O4. The average molecular weight is 424 g/mol. The van der Waals surface area contributed by atoms with Crippen LogP contribution in [0.3, 0.4) is 0 Å². The highest BCUT2D eigenvalue weighted by Gasteiger charge is 2.30. The molecule has 0 bridgehead atoms. The molecule has 1 unspecified atom stereocenters. The molecule has 0 saturated heterocycles. The van der Waals surface area contributed by atoms with Crippen LogP contribution in [0.4, 0.5) is 4.39 Å². The molecule has 31 heavy (non-hydrogen) atoms. The second-order valence-electron chi connectivity index (χ2n) is 7.42. The van der Waals surface area contributed by atoms with Gasteiger partial charge < -0.3 is 19.2 Å². The van der Waals surface area contributed by atoms with Crippen molar-refractivity contribution in [2.24, 2.45) is 0 Å². The summed E-state index contributed by atoms with van der Waals surface area (Å²) in [6, 6.07) is 13.8. The minimum Gasteiger partial charge on any atom is -0.493 e. The Kier molecular flexibility index (Phi) is 6.23. The van der Waals surface area contributed by atoms with Gasteiger partial charge in [-0.15, -0.1) is 0 Å². The Hall–Kier alpha value is -3.32. The topological polar surface area (TPSA) is 63.9 Å². The number of amides is 1. The molecule has 0 fully saturated rings. The first kappa shape index (κ1) is 20.9. The maximum Gasteiger partial charge on any atom is 0.287 e. The molecule has 1 amide bonds. The van der Waals surface area contributed by atoms with E-state index in [9.17, 15) is 9.18 Å². The lowest BCUT2D eigenvalue weighted by molar-refractivity contribution is 0.0898. The van der Waals surface area contributed by atoms with E-state index >= 15 is 0 Å². The Morgan fingerprint density at radius 3 is 2.65 bits per heavy atom. The summed E-state index contributed by atoms with van der Waals surface area (Å²) < 4.78 is 30.5. The molecule has 0 saturated carbocycles. The van der Waals surface area contributed by atoms with Crippen molar-refractivity contribution in [1.29, 1.82) is 0 Å². The van der Waals surface area contributed by atoms with Gasteiger partial charge in [0.05, 0.1) is 26.5 Å². The highest BCUT2D eigenvalue weighted by atomic mass is 19.1. The van der Waals surface area contributed by atoms with E-state index in [1.807, 2.05) is 18.2 Å². The van der Waals surface area contributed by atoms with Crippen molar-refractivity contribution in [3.05, 3.63) is 83.1 Å². The standard InChI is InChI=1S/C24H25FN2O4/c1-29-22-12-16-9-10-27(15-17-6-3-4-7-19(17)25)20(18(16)13-23(22)30-2)14-26-24(28)21-8-5-11-31-21/h3-8,11-13,20H,9-10,14-15H2,1-2H3,(H,26,28). The van der Waals surface area contributed by atoms with Gasteiger partial charge in [-0.3, -0.25) is 9.69 Å². The fourth-order valence-electron chi connectivity index (χ4n) is 4.04. The number of rotatable bonds is 7. The number of carbonyl (C=O) groups excluding carboxylic acids is 1. The second kappa shape index (κ2) is 9.22. The highest BCUT2D eigenvalue weighted by Crippen LogP contribution is 2.38. The van der Waals surface area contributed by atoms with Crippen molar-refractivity contribution in [3.63, 3.8) is 0 Å². The van der Waals surface area contributed by atoms with Gasteiger partial charge >= 0.3 is 0 Å². The molecule has 2 heterocycles.